The molecule has 5 heteroatoms. The summed E-state index contributed by atoms with van der Waals surface area (Å²) < 4.78 is 24.7. The molecule has 0 aromatic heterocycles. The van der Waals surface area contributed by atoms with Crippen LogP contribution in [0.5, 0.6) is 0 Å². The highest BCUT2D eigenvalue weighted by Crippen LogP contribution is 2.37. The van der Waals surface area contributed by atoms with Crippen molar-refractivity contribution in [2.75, 3.05) is 6.61 Å². The van der Waals surface area contributed by atoms with E-state index in [2.05, 4.69) is 12.7 Å². The second-order valence-electron chi connectivity index (χ2n) is 7.08. The van der Waals surface area contributed by atoms with Crippen molar-refractivity contribution < 1.29 is 24.1 Å². The van der Waals surface area contributed by atoms with Gasteiger partial charge in [-0.05, 0) is 12.0 Å². The highest BCUT2D eigenvalue weighted by Gasteiger charge is 2.51. The number of fused-ring (bicyclic) bond motifs is 2. The van der Waals surface area contributed by atoms with Crippen LogP contribution < -0.4 is 0 Å². The summed E-state index contributed by atoms with van der Waals surface area (Å²) in [6.45, 7) is 4.81. The van der Waals surface area contributed by atoms with Gasteiger partial charge in [0.25, 0.3) is 0 Å². The van der Waals surface area contributed by atoms with Crippen molar-refractivity contribution in [2.45, 2.75) is 62.2 Å². The number of rotatable bonds is 4. The fourth-order valence-electron chi connectivity index (χ4n) is 4.01. The van der Waals surface area contributed by atoms with Crippen LogP contribution >= 0.6 is 0 Å². The van der Waals surface area contributed by atoms with Crippen LogP contribution in [0.2, 0.25) is 0 Å². The number of hydrogen-bond donors (Lipinski definition) is 1. The maximum atomic E-state index is 10.3. The average molecular weight is 358 g/mol. The molecule has 0 saturated carbocycles. The molecule has 3 heterocycles. The predicted octanol–water partition coefficient (Wildman–Crippen LogP) is 2.39. The van der Waals surface area contributed by atoms with Crippen molar-refractivity contribution in [1.29, 1.82) is 0 Å². The van der Waals surface area contributed by atoms with Gasteiger partial charge < -0.3 is 24.1 Å². The number of hydrogen-bond acceptors (Lipinski definition) is 5. The van der Waals surface area contributed by atoms with E-state index in [1.807, 2.05) is 36.4 Å². The van der Waals surface area contributed by atoms with Crippen molar-refractivity contribution >= 4 is 0 Å². The summed E-state index contributed by atoms with van der Waals surface area (Å²) in [5.41, 5.74) is 1.11. The van der Waals surface area contributed by atoms with E-state index < -0.39 is 12.2 Å². The minimum Gasteiger partial charge on any atom is -0.390 e. The monoisotopic (exact) mass is 358 g/mol. The third-order valence-electron chi connectivity index (χ3n) is 5.33. The Hall–Kier alpha value is -1.50. The van der Waals surface area contributed by atoms with E-state index >= 15 is 0 Å². The molecule has 0 spiro atoms. The molecule has 140 valence electrons. The van der Waals surface area contributed by atoms with Crippen LogP contribution in [0.4, 0.5) is 0 Å². The summed E-state index contributed by atoms with van der Waals surface area (Å²) in [5.74, 6) is 0. The van der Waals surface area contributed by atoms with E-state index in [1.54, 1.807) is 6.08 Å². The van der Waals surface area contributed by atoms with Gasteiger partial charge in [0.1, 0.15) is 24.4 Å². The number of ether oxygens (including phenoxy) is 4. The number of aliphatic hydroxyl groups is 1. The molecule has 0 unspecified atom stereocenters. The first-order valence-electron chi connectivity index (χ1n) is 9.30. The van der Waals surface area contributed by atoms with Crippen molar-refractivity contribution in [2.24, 2.45) is 0 Å². The molecule has 3 aliphatic rings. The third kappa shape index (κ3) is 3.63. The fourth-order valence-corrected chi connectivity index (χ4v) is 4.01. The molecule has 0 radical (unpaired) electrons. The molecule has 2 fully saturated rings. The Morgan fingerprint density at radius 3 is 2.77 bits per heavy atom. The quantitative estimate of drug-likeness (QED) is 0.838. The average Bonchev–Trinajstić information content (AvgIpc) is 2.91. The first-order valence-corrected chi connectivity index (χ1v) is 9.30. The highest BCUT2D eigenvalue weighted by molar-refractivity contribution is 5.14. The van der Waals surface area contributed by atoms with E-state index in [0.29, 0.717) is 19.6 Å². The van der Waals surface area contributed by atoms with Crippen LogP contribution in [-0.4, -0.2) is 54.4 Å². The normalized spacial score (nSPS) is 39.5. The lowest BCUT2D eigenvalue weighted by Crippen LogP contribution is -2.64. The van der Waals surface area contributed by atoms with Gasteiger partial charge in [-0.3, -0.25) is 0 Å². The fraction of sp³-hybridized carbons (Fsp3) is 0.524. The molecule has 5 nitrogen and oxygen atoms in total. The Balaban J connectivity index is 1.55. The standard InChI is InChI=1S/C21H26O5/c1-2-16-15(22)12-18-20(26-16)21(24-13-14-8-4-3-5-9-14)19-17(25-18)10-6-7-11-23-19/h2-9,15-22H,1,10-13H2/t15-,16+,17-,18+,19-,20+,21+/m0/s1. The lowest BCUT2D eigenvalue weighted by Gasteiger charge is -2.50. The summed E-state index contributed by atoms with van der Waals surface area (Å²) >= 11 is 0. The van der Waals surface area contributed by atoms with Crippen LogP contribution in [-0.2, 0) is 25.6 Å². The van der Waals surface area contributed by atoms with Crippen LogP contribution in [0, 0.1) is 0 Å². The smallest absolute Gasteiger partial charge is 0.115 e. The molecule has 7 atom stereocenters. The van der Waals surface area contributed by atoms with Gasteiger partial charge in [0.2, 0.25) is 0 Å². The van der Waals surface area contributed by atoms with Gasteiger partial charge in [-0.2, -0.15) is 0 Å². The van der Waals surface area contributed by atoms with Crippen molar-refractivity contribution in [3.05, 3.63) is 60.7 Å². The topological polar surface area (TPSA) is 57.2 Å². The molecule has 2 saturated heterocycles. The predicted molar refractivity (Wildman–Crippen MR) is 96.7 cm³/mol. The largest absolute Gasteiger partial charge is 0.390 e. The zero-order valence-electron chi connectivity index (χ0n) is 14.8. The zero-order chi connectivity index (χ0) is 17.9. The molecule has 0 amide bonds. The van der Waals surface area contributed by atoms with Crippen molar-refractivity contribution in [1.82, 2.24) is 0 Å². The van der Waals surface area contributed by atoms with Crippen LogP contribution in [0.3, 0.4) is 0 Å². The molecule has 4 rings (SSSR count). The highest BCUT2D eigenvalue weighted by atomic mass is 16.6. The van der Waals surface area contributed by atoms with E-state index in [1.165, 1.54) is 0 Å². The summed E-state index contributed by atoms with van der Waals surface area (Å²) in [4.78, 5) is 0. The van der Waals surface area contributed by atoms with Crippen LogP contribution in [0.25, 0.3) is 0 Å². The second-order valence-corrected chi connectivity index (χ2v) is 7.08. The second kappa shape index (κ2) is 8.03. The molecule has 26 heavy (non-hydrogen) atoms. The van der Waals surface area contributed by atoms with Crippen LogP contribution in [0.1, 0.15) is 18.4 Å². The summed E-state index contributed by atoms with van der Waals surface area (Å²) in [6.07, 6.45) is 4.98. The maximum Gasteiger partial charge on any atom is 0.115 e. The van der Waals surface area contributed by atoms with Gasteiger partial charge in [0, 0.05) is 6.42 Å². The van der Waals surface area contributed by atoms with Gasteiger partial charge in [-0.25, -0.2) is 0 Å². The Labute approximate surface area is 154 Å². The number of benzene rings is 1. The Morgan fingerprint density at radius 1 is 1.12 bits per heavy atom. The minimum atomic E-state index is -0.609. The Bertz CT molecular complexity index is 631. The van der Waals surface area contributed by atoms with Gasteiger partial charge in [0.05, 0.1) is 31.5 Å². The van der Waals surface area contributed by atoms with E-state index in [-0.39, 0.29) is 30.5 Å². The third-order valence-corrected chi connectivity index (χ3v) is 5.33. The molecule has 1 aromatic rings. The van der Waals surface area contributed by atoms with Gasteiger partial charge >= 0.3 is 0 Å². The Kier molecular flexibility index (Phi) is 5.52. The molecule has 0 bridgehead atoms. The minimum absolute atomic E-state index is 0.0909. The number of aliphatic hydroxyl groups excluding tert-OH is 1. The Morgan fingerprint density at radius 2 is 1.96 bits per heavy atom. The summed E-state index contributed by atoms with van der Waals surface area (Å²) in [5, 5.41) is 10.3. The van der Waals surface area contributed by atoms with E-state index in [4.69, 9.17) is 18.9 Å². The zero-order valence-corrected chi connectivity index (χ0v) is 14.8. The lowest BCUT2D eigenvalue weighted by molar-refractivity contribution is -0.289. The first-order chi connectivity index (χ1) is 12.8. The summed E-state index contributed by atoms with van der Waals surface area (Å²) in [7, 11) is 0. The molecule has 1 aromatic carbocycles. The van der Waals surface area contributed by atoms with Gasteiger partial charge in [0.15, 0.2) is 0 Å². The first kappa shape index (κ1) is 17.9. The van der Waals surface area contributed by atoms with E-state index in [0.717, 1.165) is 12.0 Å². The molecular weight excluding hydrogens is 332 g/mol. The van der Waals surface area contributed by atoms with Crippen LogP contribution in [0.15, 0.2) is 55.1 Å². The van der Waals surface area contributed by atoms with E-state index in [9.17, 15) is 5.11 Å². The molecule has 0 aliphatic carbocycles. The lowest BCUT2D eigenvalue weighted by atomic mass is 9.87. The maximum absolute atomic E-state index is 10.3. The van der Waals surface area contributed by atoms with Gasteiger partial charge in [-0.15, -0.1) is 6.58 Å². The van der Waals surface area contributed by atoms with Gasteiger partial charge in [-0.1, -0.05) is 48.6 Å². The van der Waals surface area contributed by atoms with Crippen molar-refractivity contribution in [3.63, 3.8) is 0 Å². The van der Waals surface area contributed by atoms with Crippen molar-refractivity contribution in [3.8, 4) is 0 Å². The molecular formula is C21H26O5. The molecule has 1 N–H and O–H groups in total. The molecule has 3 aliphatic heterocycles. The summed E-state index contributed by atoms with van der Waals surface area (Å²) in [6, 6.07) is 10.1. The SMILES string of the molecule is C=C[C@H]1O[C@H]2[C@H](OCc3ccccc3)[C@H]3OCC=CC[C@@H]3O[C@@H]2C[C@@H]1O.